The molecule has 29 heavy (non-hydrogen) atoms. The van der Waals surface area contributed by atoms with Gasteiger partial charge in [-0.1, -0.05) is 36.4 Å². The van der Waals surface area contributed by atoms with Crippen LogP contribution in [0.1, 0.15) is 51.1 Å². The molecular formula is C23H19NO5. The maximum absolute atomic E-state index is 12.7. The third-order valence-electron chi connectivity index (χ3n) is 5.16. The van der Waals surface area contributed by atoms with Crippen molar-refractivity contribution in [3.05, 3.63) is 76.9 Å². The minimum atomic E-state index is -0.500. The molecule has 1 atom stereocenters. The van der Waals surface area contributed by atoms with E-state index in [0.29, 0.717) is 28.8 Å². The van der Waals surface area contributed by atoms with Crippen LogP contribution in [0.2, 0.25) is 0 Å². The highest BCUT2D eigenvalue weighted by atomic mass is 16.5. The molecule has 0 saturated carbocycles. The number of esters is 1. The molecule has 0 spiro atoms. The van der Waals surface area contributed by atoms with Crippen LogP contribution in [0.4, 0.5) is 5.69 Å². The van der Waals surface area contributed by atoms with Crippen molar-refractivity contribution in [2.75, 3.05) is 11.9 Å². The van der Waals surface area contributed by atoms with Crippen molar-refractivity contribution in [1.82, 2.24) is 0 Å². The van der Waals surface area contributed by atoms with Crippen molar-refractivity contribution in [2.45, 2.75) is 19.3 Å². The van der Waals surface area contributed by atoms with Gasteiger partial charge in [-0.3, -0.25) is 19.2 Å². The normalized spacial score (nSPS) is 17.3. The number of ether oxygens (including phenoxy) is 1. The minimum Gasteiger partial charge on any atom is -0.455 e. The first-order valence-corrected chi connectivity index (χ1v) is 9.48. The molecule has 0 saturated heterocycles. The van der Waals surface area contributed by atoms with E-state index in [1.807, 2.05) is 12.2 Å². The summed E-state index contributed by atoms with van der Waals surface area (Å²) in [6.07, 6.45) is 6.15. The number of ketones is 2. The van der Waals surface area contributed by atoms with Crippen LogP contribution in [0.15, 0.2) is 54.6 Å². The van der Waals surface area contributed by atoms with E-state index in [2.05, 4.69) is 5.32 Å². The van der Waals surface area contributed by atoms with Gasteiger partial charge in [0.1, 0.15) is 0 Å². The van der Waals surface area contributed by atoms with Crippen LogP contribution in [0.3, 0.4) is 0 Å². The van der Waals surface area contributed by atoms with E-state index in [1.165, 1.54) is 12.1 Å². The SMILES string of the molecule is O=C(COC(=O)C1CC=CCC1)Nc1ccc2c(c1)C(=O)c1ccccc1C2=O. The van der Waals surface area contributed by atoms with Crippen molar-refractivity contribution in [1.29, 1.82) is 0 Å². The van der Waals surface area contributed by atoms with Gasteiger partial charge in [-0.25, -0.2) is 0 Å². The molecule has 0 radical (unpaired) electrons. The molecule has 2 aliphatic rings. The average molecular weight is 389 g/mol. The molecule has 0 aliphatic heterocycles. The fourth-order valence-electron chi connectivity index (χ4n) is 3.64. The van der Waals surface area contributed by atoms with Gasteiger partial charge in [0, 0.05) is 27.9 Å². The molecular weight excluding hydrogens is 370 g/mol. The Hall–Kier alpha value is -3.54. The van der Waals surface area contributed by atoms with Crippen LogP contribution in [0, 0.1) is 5.92 Å². The van der Waals surface area contributed by atoms with Gasteiger partial charge in [-0.15, -0.1) is 0 Å². The number of fused-ring (bicyclic) bond motifs is 2. The van der Waals surface area contributed by atoms with Crippen molar-refractivity contribution in [2.24, 2.45) is 5.92 Å². The van der Waals surface area contributed by atoms with Crippen molar-refractivity contribution < 1.29 is 23.9 Å². The maximum atomic E-state index is 12.7. The maximum Gasteiger partial charge on any atom is 0.309 e. The van der Waals surface area contributed by atoms with Gasteiger partial charge in [0.15, 0.2) is 18.2 Å². The largest absolute Gasteiger partial charge is 0.455 e. The van der Waals surface area contributed by atoms with E-state index >= 15 is 0 Å². The number of benzene rings is 2. The Morgan fingerprint density at radius 3 is 2.31 bits per heavy atom. The second kappa shape index (κ2) is 7.83. The Morgan fingerprint density at radius 1 is 0.931 bits per heavy atom. The highest BCUT2D eigenvalue weighted by Gasteiger charge is 2.29. The lowest BCUT2D eigenvalue weighted by Crippen LogP contribution is -2.26. The third kappa shape index (κ3) is 3.74. The zero-order valence-corrected chi connectivity index (χ0v) is 15.6. The van der Waals surface area contributed by atoms with Gasteiger partial charge in [-0.2, -0.15) is 0 Å². The summed E-state index contributed by atoms with van der Waals surface area (Å²) in [5, 5.41) is 2.62. The van der Waals surface area contributed by atoms with E-state index < -0.39 is 12.5 Å². The lowest BCUT2D eigenvalue weighted by molar-refractivity contribution is -0.151. The van der Waals surface area contributed by atoms with E-state index in [0.717, 1.165) is 12.8 Å². The van der Waals surface area contributed by atoms with Gasteiger partial charge >= 0.3 is 5.97 Å². The monoisotopic (exact) mass is 389 g/mol. The quantitative estimate of drug-likeness (QED) is 0.546. The van der Waals surface area contributed by atoms with Gasteiger partial charge < -0.3 is 10.1 Å². The molecule has 0 heterocycles. The molecule has 6 heteroatoms. The summed E-state index contributed by atoms with van der Waals surface area (Å²) in [6, 6.07) is 11.2. The second-order valence-electron chi connectivity index (χ2n) is 7.10. The molecule has 2 aromatic rings. The first kappa shape index (κ1) is 18.8. The summed E-state index contributed by atoms with van der Waals surface area (Å²) in [5.41, 5.74) is 1.65. The Kier molecular flexibility index (Phi) is 5.08. The highest BCUT2D eigenvalue weighted by Crippen LogP contribution is 2.29. The lowest BCUT2D eigenvalue weighted by atomic mass is 9.84. The topological polar surface area (TPSA) is 89.5 Å². The van der Waals surface area contributed by atoms with Crippen LogP contribution in [0.5, 0.6) is 0 Å². The van der Waals surface area contributed by atoms with Crippen LogP contribution < -0.4 is 5.32 Å². The zero-order valence-electron chi connectivity index (χ0n) is 15.6. The third-order valence-corrected chi connectivity index (χ3v) is 5.16. The molecule has 0 fully saturated rings. The van der Waals surface area contributed by atoms with Crippen LogP contribution >= 0.6 is 0 Å². The van der Waals surface area contributed by atoms with Crippen LogP contribution in [0.25, 0.3) is 0 Å². The van der Waals surface area contributed by atoms with E-state index in [-0.39, 0.29) is 29.0 Å². The molecule has 2 aliphatic carbocycles. The molecule has 1 amide bonds. The van der Waals surface area contributed by atoms with E-state index in [9.17, 15) is 19.2 Å². The lowest BCUT2D eigenvalue weighted by Gasteiger charge is -2.18. The van der Waals surface area contributed by atoms with E-state index in [1.54, 1.807) is 30.3 Å². The average Bonchev–Trinajstić information content (AvgIpc) is 2.76. The minimum absolute atomic E-state index is 0.208. The fraction of sp³-hybridized carbons (Fsp3) is 0.217. The Morgan fingerprint density at radius 2 is 1.62 bits per heavy atom. The van der Waals surface area contributed by atoms with Gasteiger partial charge in [0.2, 0.25) is 0 Å². The number of hydrogen-bond acceptors (Lipinski definition) is 5. The first-order chi connectivity index (χ1) is 14.0. The Labute approximate surface area is 167 Å². The van der Waals surface area contributed by atoms with Crippen molar-refractivity contribution in [3.63, 3.8) is 0 Å². The molecule has 146 valence electrons. The predicted molar refractivity (Wildman–Crippen MR) is 106 cm³/mol. The van der Waals surface area contributed by atoms with Crippen LogP contribution in [-0.4, -0.2) is 30.0 Å². The van der Waals surface area contributed by atoms with E-state index in [4.69, 9.17) is 4.74 Å². The first-order valence-electron chi connectivity index (χ1n) is 9.48. The van der Waals surface area contributed by atoms with Gasteiger partial charge in [0.25, 0.3) is 5.91 Å². The number of allylic oxidation sites excluding steroid dienone is 2. The smallest absolute Gasteiger partial charge is 0.309 e. The van der Waals surface area contributed by atoms with Crippen LogP contribution in [-0.2, 0) is 14.3 Å². The summed E-state index contributed by atoms with van der Waals surface area (Å²) in [6.45, 7) is -0.397. The molecule has 1 unspecified atom stereocenters. The zero-order chi connectivity index (χ0) is 20.4. The highest BCUT2D eigenvalue weighted by molar-refractivity contribution is 6.28. The molecule has 4 rings (SSSR count). The second-order valence-corrected chi connectivity index (χ2v) is 7.10. The molecule has 2 aromatic carbocycles. The molecule has 0 aromatic heterocycles. The predicted octanol–water partition coefficient (Wildman–Crippen LogP) is 3.30. The number of carbonyl (C=O) groups is 4. The summed E-state index contributed by atoms with van der Waals surface area (Å²) >= 11 is 0. The summed E-state index contributed by atoms with van der Waals surface area (Å²) in [5.74, 6) is -1.57. The number of rotatable bonds is 4. The number of nitrogens with one attached hydrogen (secondary N) is 1. The number of anilines is 1. The standard InChI is InChI=1S/C23H19NO5/c25-20(13-29-23(28)14-6-2-1-3-7-14)24-15-10-11-18-19(12-15)22(27)17-9-5-4-8-16(17)21(18)26/h1-2,4-5,8-12,14H,3,6-7,13H2,(H,24,25). The fourth-order valence-corrected chi connectivity index (χ4v) is 3.64. The molecule has 6 nitrogen and oxygen atoms in total. The Balaban J connectivity index is 1.43. The Bertz CT molecular complexity index is 1050. The summed E-state index contributed by atoms with van der Waals surface area (Å²) in [7, 11) is 0. The number of carbonyl (C=O) groups excluding carboxylic acids is 4. The molecule has 1 N–H and O–H groups in total. The van der Waals surface area contributed by atoms with Gasteiger partial charge in [0.05, 0.1) is 5.92 Å². The van der Waals surface area contributed by atoms with Crippen molar-refractivity contribution in [3.8, 4) is 0 Å². The van der Waals surface area contributed by atoms with Crippen molar-refractivity contribution >= 4 is 29.1 Å². The summed E-state index contributed by atoms with van der Waals surface area (Å²) < 4.78 is 5.11. The van der Waals surface area contributed by atoms with Gasteiger partial charge in [-0.05, 0) is 37.5 Å². The number of hydrogen-bond donors (Lipinski definition) is 1. The summed E-state index contributed by atoms with van der Waals surface area (Å²) in [4.78, 5) is 49.5. The number of amides is 1. The molecule has 0 bridgehead atoms.